The third-order valence-electron chi connectivity index (χ3n) is 3.21. The molecule has 0 aliphatic carbocycles. The molecule has 0 amide bonds. The zero-order chi connectivity index (χ0) is 14.5. The maximum atomic E-state index is 5.43. The van der Waals surface area contributed by atoms with Crippen LogP contribution in [0.4, 0.5) is 0 Å². The first-order valence-corrected chi connectivity index (χ1v) is 6.77. The van der Waals surface area contributed by atoms with Crippen molar-refractivity contribution >= 4 is 0 Å². The van der Waals surface area contributed by atoms with Crippen molar-refractivity contribution in [1.82, 2.24) is 15.5 Å². The van der Waals surface area contributed by atoms with Gasteiger partial charge in [-0.25, -0.2) is 0 Å². The van der Waals surface area contributed by atoms with Crippen molar-refractivity contribution in [3.05, 3.63) is 41.0 Å². The van der Waals surface area contributed by atoms with Crippen LogP contribution in [0.5, 0.6) is 5.75 Å². The third kappa shape index (κ3) is 3.57. The summed E-state index contributed by atoms with van der Waals surface area (Å²) in [7, 11) is 1.70. The van der Waals surface area contributed by atoms with Crippen LogP contribution in [0.1, 0.15) is 35.8 Å². The van der Waals surface area contributed by atoms with Gasteiger partial charge in [0.25, 0.3) is 0 Å². The van der Waals surface area contributed by atoms with Crippen molar-refractivity contribution in [1.29, 1.82) is 0 Å². The van der Waals surface area contributed by atoms with Gasteiger partial charge in [-0.05, 0) is 32.4 Å². The number of ether oxygens (including phenoxy) is 1. The summed E-state index contributed by atoms with van der Waals surface area (Å²) in [5.74, 6) is 2.25. The van der Waals surface area contributed by atoms with E-state index in [-0.39, 0.29) is 6.04 Å². The fourth-order valence-corrected chi connectivity index (χ4v) is 2.12. The zero-order valence-corrected chi connectivity index (χ0v) is 12.4. The number of hydrogen-bond donors (Lipinski definition) is 1. The van der Waals surface area contributed by atoms with Crippen LogP contribution in [0.2, 0.25) is 0 Å². The van der Waals surface area contributed by atoms with Gasteiger partial charge in [0.2, 0.25) is 5.89 Å². The largest absolute Gasteiger partial charge is 0.496 e. The smallest absolute Gasteiger partial charge is 0.227 e. The summed E-state index contributed by atoms with van der Waals surface area (Å²) < 4.78 is 10.5. The highest BCUT2D eigenvalue weighted by Crippen LogP contribution is 2.25. The first-order chi connectivity index (χ1) is 9.60. The van der Waals surface area contributed by atoms with E-state index in [4.69, 9.17) is 9.26 Å². The lowest BCUT2D eigenvalue weighted by Gasteiger charge is -2.17. The van der Waals surface area contributed by atoms with Gasteiger partial charge in [0.1, 0.15) is 5.75 Å². The molecule has 1 heterocycles. The highest BCUT2D eigenvalue weighted by molar-refractivity contribution is 5.39. The van der Waals surface area contributed by atoms with Crippen molar-refractivity contribution in [3.63, 3.8) is 0 Å². The van der Waals surface area contributed by atoms with E-state index in [1.54, 1.807) is 7.11 Å². The Bertz CT molecular complexity index is 566. The Kier molecular flexibility index (Phi) is 4.74. The van der Waals surface area contributed by atoms with Gasteiger partial charge in [-0.1, -0.05) is 17.3 Å². The standard InChI is InChI=1S/C15H21N3O2/c1-10-5-6-13(14(9-10)19-4)11(2)16-8-7-15-17-12(3)18-20-15/h5-6,9,11,16H,7-8H2,1-4H3. The van der Waals surface area contributed by atoms with E-state index in [9.17, 15) is 0 Å². The Labute approximate surface area is 119 Å². The topological polar surface area (TPSA) is 60.2 Å². The third-order valence-corrected chi connectivity index (χ3v) is 3.21. The van der Waals surface area contributed by atoms with Gasteiger partial charge in [-0.15, -0.1) is 0 Å². The molecule has 1 unspecified atom stereocenters. The lowest BCUT2D eigenvalue weighted by atomic mass is 10.0. The molecule has 1 N–H and O–H groups in total. The van der Waals surface area contributed by atoms with Gasteiger partial charge >= 0.3 is 0 Å². The average molecular weight is 275 g/mol. The second-order valence-electron chi connectivity index (χ2n) is 4.91. The number of nitrogens with one attached hydrogen (secondary N) is 1. The molecule has 108 valence electrons. The van der Waals surface area contributed by atoms with Crippen LogP contribution in [0.25, 0.3) is 0 Å². The molecule has 0 spiro atoms. The molecule has 1 atom stereocenters. The van der Waals surface area contributed by atoms with E-state index < -0.39 is 0 Å². The first kappa shape index (κ1) is 14.5. The first-order valence-electron chi connectivity index (χ1n) is 6.77. The Morgan fingerprint density at radius 3 is 2.80 bits per heavy atom. The van der Waals surface area contributed by atoms with Crippen LogP contribution >= 0.6 is 0 Å². The maximum absolute atomic E-state index is 5.43. The van der Waals surface area contributed by atoms with Crippen molar-refractivity contribution in [3.8, 4) is 5.75 Å². The van der Waals surface area contributed by atoms with Crippen LogP contribution in [-0.2, 0) is 6.42 Å². The SMILES string of the molecule is COc1cc(C)ccc1C(C)NCCc1nc(C)no1. The highest BCUT2D eigenvalue weighted by atomic mass is 16.5. The molecule has 0 bridgehead atoms. The molecule has 0 radical (unpaired) electrons. The molecule has 0 fully saturated rings. The molecular formula is C15H21N3O2. The molecule has 0 saturated carbocycles. The minimum absolute atomic E-state index is 0.203. The Hall–Kier alpha value is -1.88. The highest BCUT2D eigenvalue weighted by Gasteiger charge is 2.11. The summed E-state index contributed by atoms with van der Waals surface area (Å²) in [6.07, 6.45) is 0.722. The van der Waals surface area contributed by atoms with Crippen LogP contribution in [0.3, 0.4) is 0 Å². The van der Waals surface area contributed by atoms with E-state index in [2.05, 4.69) is 47.5 Å². The van der Waals surface area contributed by atoms with E-state index in [1.165, 1.54) is 5.56 Å². The minimum atomic E-state index is 0.203. The number of aromatic nitrogens is 2. The Balaban J connectivity index is 1.93. The van der Waals surface area contributed by atoms with Crippen LogP contribution in [-0.4, -0.2) is 23.8 Å². The number of rotatable bonds is 6. The van der Waals surface area contributed by atoms with Gasteiger partial charge < -0.3 is 14.6 Å². The fourth-order valence-electron chi connectivity index (χ4n) is 2.12. The summed E-state index contributed by atoms with van der Waals surface area (Å²) >= 11 is 0. The van der Waals surface area contributed by atoms with Crippen molar-refractivity contribution in [2.75, 3.05) is 13.7 Å². The lowest BCUT2D eigenvalue weighted by molar-refractivity contribution is 0.368. The second-order valence-corrected chi connectivity index (χ2v) is 4.91. The molecule has 2 aromatic rings. The molecular weight excluding hydrogens is 254 g/mol. The molecule has 0 aliphatic rings. The number of benzene rings is 1. The summed E-state index contributed by atoms with van der Waals surface area (Å²) in [5, 5.41) is 7.22. The number of methoxy groups -OCH3 is 1. The normalized spacial score (nSPS) is 12.4. The van der Waals surface area contributed by atoms with Crippen LogP contribution in [0, 0.1) is 13.8 Å². The predicted molar refractivity (Wildman–Crippen MR) is 76.9 cm³/mol. The predicted octanol–water partition coefficient (Wildman–Crippen LogP) is 2.59. The Morgan fingerprint density at radius 2 is 2.15 bits per heavy atom. The van der Waals surface area contributed by atoms with Crippen molar-refractivity contribution < 1.29 is 9.26 Å². The fraction of sp³-hybridized carbons (Fsp3) is 0.467. The Morgan fingerprint density at radius 1 is 1.35 bits per heavy atom. The van der Waals surface area contributed by atoms with Crippen molar-refractivity contribution in [2.24, 2.45) is 0 Å². The molecule has 20 heavy (non-hydrogen) atoms. The molecule has 5 nitrogen and oxygen atoms in total. The van der Waals surface area contributed by atoms with Gasteiger partial charge in [-0.2, -0.15) is 4.98 Å². The summed E-state index contributed by atoms with van der Waals surface area (Å²) in [4.78, 5) is 4.18. The number of aryl methyl sites for hydroxylation is 2. The van der Waals surface area contributed by atoms with Crippen LogP contribution < -0.4 is 10.1 Å². The number of nitrogens with zero attached hydrogens (tertiary/aromatic N) is 2. The van der Waals surface area contributed by atoms with Gasteiger partial charge in [-0.3, -0.25) is 0 Å². The minimum Gasteiger partial charge on any atom is -0.496 e. The van der Waals surface area contributed by atoms with E-state index in [1.807, 2.05) is 6.92 Å². The molecule has 0 aliphatic heterocycles. The van der Waals surface area contributed by atoms with Crippen molar-refractivity contribution in [2.45, 2.75) is 33.2 Å². The van der Waals surface area contributed by atoms with Gasteiger partial charge in [0.05, 0.1) is 7.11 Å². The molecule has 1 aromatic carbocycles. The van der Waals surface area contributed by atoms with E-state index in [0.29, 0.717) is 11.7 Å². The van der Waals surface area contributed by atoms with Gasteiger partial charge in [0, 0.05) is 24.6 Å². The van der Waals surface area contributed by atoms with E-state index in [0.717, 1.165) is 24.3 Å². The summed E-state index contributed by atoms with van der Waals surface area (Å²) in [5.41, 5.74) is 2.35. The zero-order valence-electron chi connectivity index (χ0n) is 12.4. The molecule has 1 aromatic heterocycles. The summed E-state index contributed by atoms with van der Waals surface area (Å²) in [6, 6.07) is 6.45. The number of hydrogen-bond acceptors (Lipinski definition) is 5. The molecule has 5 heteroatoms. The summed E-state index contributed by atoms with van der Waals surface area (Å²) in [6.45, 7) is 6.77. The van der Waals surface area contributed by atoms with E-state index >= 15 is 0 Å². The molecule has 0 saturated heterocycles. The maximum Gasteiger partial charge on any atom is 0.227 e. The van der Waals surface area contributed by atoms with Gasteiger partial charge in [0.15, 0.2) is 5.82 Å². The quantitative estimate of drug-likeness (QED) is 0.878. The molecule has 2 rings (SSSR count). The monoisotopic (exact) mass is 275 g/mol. The second kappa shape index (κ2) is 6.52. The lowest BCUT2D eigenvalue weighted by Crippen LogP contribution is -2.22. The average Bonchev–Trinajstić information content (AvgIpc) is 2.84. The van der Waals surface area contributed by atoms with Crippen LogP contribution in [0.15, 0.2) is 22.7 Å².